The van der Waals surface area contributed by atoms with Gasteiger partial charge in [-0.05, 0) is 30.0 Å². The topological polar surface area (TPSA) is 118 Å². The number of hydroxylamine groups is 2. The zero-order chi connectivity index (χ0) is 25.3. The van der Waals surface area contributed by atoms with Gasteiger partial charge in [-0.1, -0.05) is 37.7 Å². The number of aliphatic carboxylic acids is 1. The van der Waals surface area contributed by atoms with Gasteiger partial charge in [0.2, 0.25) is 0 Å². The van der Waals surface area contributed by atoms with Crippen LogP contribution in [0, 0.1) is 11.3 Å². The van der Waals surface area contributed by atoms with Crippen molar-refractivity contribution in [3.63, 3.8) is 0 Å². The first kappa shape index (κ1) is 25.4. The number of carboxylic acid groups (broad SMARTS) is 1. The van der Waals surface area contributed by atoms with Gasteiger partial charge in [0.05, 0.1) is 0 Å². The Bertz CT molecular complexity index is 1110. The van der Waals surface area contributed by atoms with Gasteiger partial charge >= 0.3 is 5.97 Å². The molecule has 0 bridgehead atoms. The Balaban J connectivity index is 1.44. The van der Waals surface area contributed by atoms with Gasteiger partial charge in [0.25, 0.3) is 11.8 Å². The first-order valence-electron chi connectivity index (χ1n) is 11.3. The van der Waals surface area contributed by atoms with E-state index < -0.39 is 17.4 Å². The van der Waals surface area contributed by atoms with Crippen LogP contribution in [0.4, 0.5) is 0 Å². The fourth-order valence-electron chi connectivity index (χ4n) is 4.16. The van der Waals surface area contributed by atoms with E-state index in [4.69, 9.17) is 4.84 Å². The Kier molecular flexibility index (Phi) is 7.32. The Morgan fingerprint density at radius 3 is 2.63 bits per heavy atom. The second-order valence-electron chi connectivity index (χ2n) is 9.39. The molecule has 2 fully saturated rings. The van der Waals surface area contributed by atoms with Crippen LogP contribution in [0.3, 0.4) is 0 Å². The van der Waals surface area contributed by atoms with E-state index in [0.717, 1.165) is 11.5 Å². The number of β-lactam (4-membered cyclic amide) rings is 1. The molecule has 0 saturated carbocycles. The van der Waals surface area contributed by atoms with E-state index in [1.54, 1.807) is 30.1 Å². The average molecular weight is 520 g/mol. The predicted octanol–water partition coefficient (Wildman–Crippen LogP) is 2.30. The van der Waals surface area contributed by atoms with E-state index in [2.05, 4.69) is 24.0 Å². The summed E-state index contributed by atoms with van der Waals surface area (Å²) >= 11 is 2.66. The van der Waals surface area contributed by atoms with E-state index in [1.165, 1.54) is 40.9 Å². The normalized spacial score (nSPS) is 23.6. The van der Waals surface area contributed by atoms with E-state index in [0.29, 0.717) is 22.6 Å². The minimum Gasteiger partial charge on any atom is -0.481 e. The number of nitrogens with zero attached hydrogens (tertiary/aromatic N) is 5. The summed E-state index contributed by atoms with van der Waals surface area (Å²) in [7, 11) is 1.79. The van der Waals surface area contributed by atoms with Crippen LogP contribution in [0.1, 0.15) is 26.3 Å². The summed E-state index contributed by atoms with van der Waals surface area (Å²) in [6.07, 6.45) is 2.49. The van der Waals surface area contributed by atoms with E-state index >= 15 is 0 Å². The number of benzene rings is 1. The van der Waals surface area contributed by atoms with Gasteiger partial charge in [-0.2, -0.15) is 5.06 Å². The standard InChI is InChI=1S/C23H29N5O5S2/c1-14(2)9-16-5-7-17(8-6-16)33-28(15(3)29)18-19(30)27-10-23(21(31)32,11-34-20(18)27)12-35-22-25-24-13-26(22)4/h5-8,13-14,18,20H,9-12H2,1-4H3,(H,31,32)/t18?,20-,23?/m1/s1. The second-order valence-corrected chi connectivity index (χ2v) is 11.4. The van der Waals surface area contributed by atoms with Crippen LogP contribution < -0.4 is 4.84 Å². The Labute approximate surface area is 212 Å². The fourth-order valence-corrected chi connectivity index (χ4v) is 6.94. The third-order valence-electron chi connectivity index (χ3n) is 6.05. The molecule has 2 aliphatic rings. The van der Waals surface area contributed by atoms with Crippen LogP contribution in [0.15, 0.2) is 35.7 Å². The van der Waals surface area contributed by atoms with Crippen LogP contribution in [0.2, 0.25) is 0 Å². The number of amides is 2. The molecule has 2 amide bonds. The number of thioether (sulfide) groups is 2. The maximum Gasteiger partial charge on any atom is 0.313 e. The number of fused-ring (bicyclic) bond motifs is 1. The van der Waals surface area contributed by atoms with Gasteiger partial charge in [-0.3, -0.25) is 14.4 Å². The van der Waals surface area contributed by atoms with Crippen LogP contribution in [-0.2, 0) is 27.9 Å². The molecule has 0 radical (unpaired) electrons. The molecule has 3 atom stereocenters. The molecule has 188 valence electrons. The molecular formula is C23H29N5O5S2. The fraction of sp³-hybridized carbons (Fsp3) is 0.522. The summed E-state index contributed by atoms with van der Waals surface area (Å²) in [4.78, 5) is 45.2. The zero-order valence-electron chi connectivity index (χ0n) is 20.1. The van der Waals surface area contributed by atoms with Crippen LogP contribution in [0.25, 0.3) is 0 Å². The quantitative estimate of drug-likeness (QED) is 0.302. The SMILES string of the molecule is CC(=O)N(Oc1ccc(CC(C)C)cc1)C1C(=O)N2CC(CSc3nncn3C)(C(=O)O)CS[C@H]12. The van der Waals surface area contributed by atoms with Gasteiger partial charge in [-0.25, -0.2) is 0 Å². The lowest BCUT2D eigenvalue weighted by atomic mass is 9.89. The lowest BCUT2D eigenvalue weighted by Gasteiger charge is -2.55. The molecule has 3 heterocycles. The van der Waals surface area contributed by atoms with Gasteiger partial charge in [0.15, 0.2) is 16.9 Å². The third-order valence-corrected chi connectivity index (χ3v) is 8.95. The van der Waals surface area contributed by atoms with Gasteiger partial charge < -0.3 is 19.4 Å². The lowest BCUT2D eigenvalue weighted by Crippen LogP contribution is -2.74. The Hall–Kier alpha value is -2.73. The minimum atomic E-state index is -1.13. The molecule has 1 N–H and O–H groups in total. The number of aryl methyl sites for hydroxylation is 1. The van der Waals surface area contributed by atoms with Crippen LogP contribution in [-0.4, -0.2) is 77.1 Å². The summed E-state index contributed by atoms with van der Waals surface area (Å²) in [5.74, 6) is -0.123. The highest BCUT2D eigenvalue weighted by atomic mass is 32.2. The summed E-state index contributed by atoms with van der Waals surface area (Å²) in [6, 6.07) is 6.69. The molecule has 0 spiro atoms. The van der Waals surface area contributed by atoms with Crippen molar-refractivity contribution in [1.82, 2.24) is 24.7 Å². The Morgan fingerprint density at radius 1 is 1.34 bits per heavy atom. The van der Waals surface area contributed by atoms with E-state index in [9.17, 15) is 19.5 Å². The molecule has 0 aliphatic carbocycles. The van der Waals surface area contributed by atoms with Crippen LogP contribution >= 0.6 is 23.5 Å². The number of rotatable bonds is 9. The third kappa shape index (κ3) is 5.13. The summed E-state index contributed by atoms with van der Waals surface area (Å²) in [5.41, 5.74) is 0.0340. The number of hydrogen-bond acceptors (Lipinski definition) is 8. The molecule has 2 saturated heterocycles. The molecule has 1 aromatic heterocycles. The van der Waals surface area contributed by atoms with Crippen molar-refractivity contribution in [3.05, 3.63) is 36.2 Å². The molecule has 12 heteroatoms. The van der Waals surface area contributed by atoms with Gasteiger partial charge in [0, 0.05) is 32.0 Å². The molecule has 35 heavy (non-hydrogen) atoms. The first-order chi connectivity index (χ1) is 16.6. The van der Waals surface area contributed by atoms with Crippen molar-refractivity contribution < 1.29 is 24.3 Å². The van der Waals surface area contributed by atoms with E-state index in [-0.39, 0.29) is 29.5 Å². The molecule has 2 aliphatic heterocycles. The Morgan fingerprint density at radius 2 is 2.06 bits per heavy atom. The number of aromatic nitrogens is 3. The maximum absolute atomic E-state index is 13.1. The average Bonchev–Trinajstić information content (AvgIpc) is 3.22. The summed E-state index contributed by atoms with van der Waals surface area (Å²) < 4.78 is 1.72. The number of hydrogen-bond donors (Lipinski definition) is 1. The second kappa shape index (κ2) is 10.1. The van der Waals surface area contributed by atoms with Crippen molar-refractivity contribution >= 4 is 41.3 Å². The zero-order valence-corrected chi connectivity index (χ0v) is 21.7. The molecule has 2 unspecified atom stereocenters. The predicted molar refractivity (Wildman–Crippen MR) is 132 cm³/mol. The summed E-state index contributed by atoms with van der Waals surface area (Å²) in [6.45, 7) is 5.71. The highest BCUT2D eigenvalue weighted by molar-refractivity contribution is 8.00. The number of carbonyl (C=O) groups excluding carboxylic acids is 2. The number of carboxylic acids is 1. The highest BCUT2D eigenvalue weighted by Gasteiger charge is 2.60. The molecule has 4 rings (SSSR count). The van der Waals surface area contributed by atoms with Gasteiger partial charge in [-0.15, -0.1) is 22.0 Å². The minimum absolute atomic E-state index is 0.0653. The van der Waals surface area contributed by atoms with Crippen molar-refractivity contribution in [1.29, 1.82) is 0 Å². The van der Waals surface area contributed by atoms with E-state index in [1.807, 2.05) is 12.1 Å². The largest absolute Gasteiger partial charge is 0.481 e. The van der Waals surface area contributed by atoms with Crippen LogP contribution in [0.5, 0.6) is 5.75 Å². The highest BCUT2D eigenvalue weighted by Crippen LogP contribution is 2.45. The maximum atomic E-state index is 13.1. The van der Waals surface area contributed by atoms with Crippen molar-refractivity contribution in [2.24, 2.45) is 18.4 Å². The first-order valence-corrected chi connectivity index (χ1v) is 13.3. The molecule has 2 aromatic rings. The number of carbonyl (C=O) groups is 3. The van der Waals surface area contributed by atoms with Crippen molar-refractivity contribution in [3.8, 4) is 5.75 Å². The van der Waals surface area contributed by atoms with Crippen molar-refractivity contribution in [2.45, 2.75) is 43.8 Å². The monoisotopic (exact) mass is 519 g/mol. The van der Waals surface area contributed by atoms with Crippen molar-refractivity contribution in [2.75, 3.05) is 18.1 Å². The molecule has 10 nitrogen and oxygen atoms in total. The molecule has 1 aromatic carbocycles. The summed E-state index contributed by atoms with van der Waals surface area (Å²) in [5, 5.41) is 19.2. The van der Waals surface area contributed by atoms with Gasteiger partial charge in [0.1, 0.15) is 17.1 Å². The smallest absolute Gasteiger partial charge is 0.313 e. The lowest BCUT2D eigenvalue weighted by molar-refractivity contribution is -0.192. The molecular weight excluding hydrogens is 490 g/mol.